The minimum Gasteiger partial charge on any atom is -0.342 e. The maximum atomic E-state index is 12.5. The predicted octanol–water partition coefficient (Wildman–Crippen LogP) is 5.13. The number of hydrogen-bond acceptors (Lipinski definition) is 2. The average molecular weight is 402 g/mol. The Kier molecular flexibility index (Phi) is 4.03. The summed E-state index contributed by atoms with van der Waals surface area (Å²) >= 11 is 0. The van der Waals surface area contributed by atoms with Crippen molar-refractivity contribution in [2.75, 3.05) is 13.6 Å². The molecule has 5 unspecified atom stereocenters. The highest BCUT2D eigenvalue weighted by molar-refractivity contribution is 5.88. The van der Waals surface area contributed by atoms with Gasteiger partial charge in [-0.05, 0) is 73.8 Å². The van der Waals surface area contributed by atoms with E-state index in [4.69, 9.17) is 0 Å². The topological polar surface area (TPSA) is 38.1 Å². The molecule has 0 radical (unpaired) electrons. The van der Waals surface area contributed by atoms with Crippen LogP contribution in [-0.4, -0.2) is 34.0 Å². The van der Waals surface area contributed by atoms with Gasteiger partial charge in [0.2, 0.25) is 5.91 Å². The van der Waals surface area contributed by atoms with Crippen molar-refractivity contribution in [1.29, 1.82) is 0 Å². The Labute approximate surface area is 178 Å². The van der Waals surface area contributed by atoms with Crippen LogP contribution in [0.1, 0.15) is 45.4 Å². The number of carbonyl (C=O) groups excluding carboxylic acids is 1. The molecule has 0 saturated heterocycles. The van der Waals surface area contributed by atoms with Gasteiger partial charge in [0.15, 0.2) is 0 Å². The molecular formula is C26H31N3O. The summed E-state index contributed by atoms with van der Waals surface area (Å²) in [4.78, 5) is 19.0. The van der Waals surface area contributed by atoms with E-state index in [-0.39, 0.29) is 11.3 Å². The maximum absolute atomic E-state index is 12.5. The first-order valence-electron chi connectivity index (χ1n) is 11.6. The number of allylic oxidation sites excluding steroid dienone is 3. The SMILES string of the molecule is CN1CCC2(C)C(=CC1=O)CCC1C3CC=C(n4cnc5ccccc54)C3CCC12. The second-order valence-electron chi connectivity index (χ2n) is 10.2. The lowest BCUT2D eigenvalue weighted by atomic mass is 9.51. The van der Waals surface area contributed by atoms with Crippen LogP contribution in [0, 0.1) is 29.1 Å². The van der Waals surface area contributed by atoms with Crippen LogP contribution in [0.25, 0.3) is 16.7 Å². The Morgan fingerprint density at radius 3 is 2.90 bits per heavy atom. The van der Waals surface area contributed by atoms with E-state index in [1.54, 1.807) is 0 Å². The van der Waals surface area contributed by atoms with Crippen molar-refractivity contribution in [2.24, 2.45) is 29.1 Å². The minimum absolute atomic E-state index is 0.193. The molecule has 0 bridgehead atoms. The molecule has 1 aliphatic heterocycles. The molecule has 0 N–H and O–H groups in total. The van der Waals surface area contributed by atoms with Gasteiger partial charge in [0.05, 0.1) is 11.0 Å². The van der Waals surface area contributed by atoms with E-state index in [0.29, 0.717) is 11.8 Å². The van der Waals surface area contributed by atoms with Gasteiger partial charge in [0.1, 0.15) is 6.33 Å². The van der Waals surface area contributed by atoms with Crippen molar-refractivity contribution >= 4 is 22.6 Å². The molecule has 2 heterocycles. The van der Waals surface area contributed by atoms with Crippen LogP contribution >= 0.6 is 0 Å². The van der Waals surface area contributed by atoms with E-state index in [9.17, 15) is 4.79 Å². The van der Waals surface area contributed by atoms with Crippen LogP contribution in [0.3, 0.4) is 0 Å². The third-order valence-electron chi connectivity index (χ3n) is 9.02. The smallest absolute Gasteiger partial charge is 0.246 e. The normalized spacial score (nSPS) is 35.9. The fourth-order valence-electron chi connectivity index (χ4n) is 7.35. The first kappa shape index (κ1) is 18.4. The van der Waals surface area contributed by atoms with Crippen molar-refractivity contribution in [3.05, 3.63) is 48.3 Å². The summed E-state index contributed by atoms with van der Waals surface area (Å²) in [5.74, 6) is 3.08. The van der Waals surface area contributed by atoms with E-state index in [2.05, 4.69) is 46.8 Å². The summed E-state index contributed by atoms with van der Waals surface area (Å²) in [6, 6.07) is 8.49. The van der Waals surface area contributed by atoms with Gasteiger partial charge in [0, 0.05) is 31.3 Å². The molecule has 3 aliphatic carbocycles. The lowest BCUT2D eigenvalue weighted by Gasteiger charge is -2.54. The standard InChI is InChI=1S/C26H31N3O/c1-26-13-14-28(2)25(30)15-17(26)7-8-19-18-10-12-23(20(18)9-11-21(19)26)29-16-27-22-5-3-4-6-24(22)29/h3-6,12,15-16,18-21H,7-11,13-14H2,1-2H3. The molecule has 4 heteroatoms. The number of benzene rings is 1. The quantitative estimate of drug-likeness (QED) is 0.664. The molecule has 4 aliphatic rings. The van der Waals surface area contributed by atoms with E-state index in [1.165, 1.54) is 42.5 Å². The maximum Gasteiger partial charge on any atom is 0.246 e. The van der Waals surface area contributed by atoms with Crippen molar-refractivity contribution in [3.8, 4) is 0 Å². The van der Waals surface area contributed by atoms with E-state index >= 15 is 0 Å². The van der Waals surface area contributed by atoms with Crippen LogP contribution < -0.4 is 0 Å². The third-order valence-corrected chi connectivity index (χ3v) is 9.02. The summed E-state index contributed by atoms with van der Waals surface area (Å²) in [6.45, 7) is 3.35. The zero-order valence-electron chi connectivity index (χ0n) is 18.1. The lowest BCUT2D eigenvalue weighted by Crippen LogP contribution is -2.46. The number of hydrogen-bond donors (Lipinski definition) is 0. The second-order valence-corrected chi connectivity index (χ2v) is 10.2. The van der Waals surface area contributed by atoms with E-state index in [1.807, 2.05) is 24.4 Å². The molecular weight excluding hydrogens is 370 g/mol. The highest BCUT2D eigenvalue weighted by atomic mass is 16.2. The number of imidazole rings is 1. The van der Waals surface area contributed by atoms with Gasteiger partial charge >= 0.3 is 0 Å². The largest absolute Gasteiger partial charge is 0.342 e. The molecule has 6 rings (SSSR count). The van der Waals surface area contributed by atoms with Gasteiger partial charge in [-0.3, -0.25) is 4.79 Å². The molecule has 1 aromatic heterocycles. The molecule has 2 saturated carbocycles. The Bertz CT molecular complexity index is 1080. The predicted molar refractivity (Wildman–Crippen MR) is 119 cm³/mol. The van der Waals surface area contributed by atoms with Crippen LogP contribution in [0.5, 0.6) is 0 Å². The fourth-order valence-corrected chi connectivity index (χ4v) is 7.35. The van der Waals surface area contributed by atoms with Gasteiger partial charge in [-0.25, -0.2) is 4.98 Å². The number of rotatable bonds is 1. The lowest BCUT2D eigenvalue weighted by molar-refractivity contribution is -0.124. The highest BCUT2D eigenvalue weighted by Gasteiger charge is 2.53. The zero-order valence-corrected chi connectivity index (χ0v) is 18.1. The molecule has 2 aromatic rings. The van der Waals surface area contributed by atoms with Crippen LogP contribution in [0.15, 0.2) is 48.3 Å². The minimum atomic E-state index is 0.193. The van der Waals surface area contributed by atoms with E-state index in [0.717, 1.165) is 36.7 Å². The van der Waals surface area contributed by atoms with E-state index < -0.39 is 0 Å². The Balaban J connectivity index is 1.31. The average Bonchev–Trinajstić information content (AvgIpc) is 3.35. The molecule has 5 atom stereocenters. The second kappa shape index (κ2) is 6.57. The van der Waals surface area contributed by atoms with Crippen LogP contribution in [-0.2, 0) is 4.79 Å². The summed E-state index contributed by atoms with van der Waals surface area (Å²) < 4.78 is 2.36. The number of para-hydroxylation sites is 2. The van der Waals surface area contributed by atoms with Crippen molar-refractivity contribution in [3.63, 3.8) is 0 Å². The molecule has 0 spiro atoms. The monoisotopic (exact) mass is 401 g/mol. The first-order valence-corrected chi connectivity index (χ1v) is 11.6. The Hall–Kier alpha value is -2.36. The third kappa shape index (κ3) is 2.52. The number of aromatic nitrogens is 2. The fraction of sp³-hybridized carbons (Fsp3) is 0.538. The Morgan fingerprint density at radius 1 is 1.13 bits per heavy atom. The van der Waals surface area contributed by atoms with Crippen molar-refractivity contribution in [1.82, 2.24) is 14.5 Å². The number of amides is 1. The molecule has 4 nitrogen and oxygen atoms in total. The number of fused-ring (bicyclic) bond motifs is 6. The van der Waals surface area contributed by atoms with Gasteiger partial charge in [-0.1, -0.05) is 30.7 Å². The van der Waals surface area contributed by atoms with Gasteiger partial charge in [-0.2, -0.15) is 0 Å². The summed E-state index contributed by atoms with van der Waals surface area (Å²) in [6.07, 6.45) is 13.7. The van der Waals surface area contributed by atoms with Gasteiger partial charge < -0.3 is 9.47 Å². The van der Waals surface area contributed by atoms with Crippen molar-refractivity contribution in [2.45, 2.75) is 45.4 Å². The summed E-state index contributed by atoms with van der Waals surface area (Å²) in [7, 11) is 1.96. The molecule has 1 amide bonds. The van der Waals surface area contributed by atoms with Crippen LogP contribution in [0.4, 0.5) is 0 Å². The highest BCUT2D eigenvalue weighted by Crippen LogP contribution is 2.61. The molecule has 1 aromatic carbocycles. The van der Waals surface area contributed by atoms with Crippen molar-refractivity contribution < 1.29 is 4.79 Å². The zero-order chi connectivity index (χ0) is 20.5. The van der Waals surface area contributed by atoms with Gasteiger partial charge in [0.25, 0.3) is 0 Å². The number of carbonyl (C=O) groups is 1. The number of likely N-dealkylation sites (N-methyl/N-ethyl adjacent to an activating group) is 1. The number of nitrogens with zero attached hydrogens (tertiary/aromatic N) is 3. The molecule has 30 heavy (non-hydrogen) atoms. The van der Waals surface area contributed by atoms with Gasteiger partial charge in [-0.15, -0.1) is 0 Å². The first-order chi connectivity index (χ1) is 14.6. The summed E-state index contributed by atoms with van der Waals surface area (Å²) in [5.41, 5.74) is 5.43. The summed E-state index contributed by atoms with van der Waals surface area (Å²) in [5, 5.41) is 0. The molecule has 156 valence electrons. The molecule has 2 fully saturated rings. The van der Waals surface area contributed by atoms with Crippen LogP contribution in [0.2, 0.25) is 0 Å². The Morgan fingerprint density at radius 2 is 2.00 bits per heavy atom.